The van der Waals surface area contributed by atoms with E-state index in [9.17, 15) is 0 Å². The Morgan fingerprint density at radius 1 is 0.630 bits per heavy atom. The summed E-state index contributed by atoms with van der Waals surface area (Å²) in [5, 5.41) is 0. The van der Waals surface area contributed by atoms with E-state index in [0.717, 1.165) is 36.9 Å². The van der Waals surface area contributed by atoms with Crippen LogP contribution in [0.1, 0.15) is 105 Å². The van der Waals surface area contributed by atoms with Crippen molar-refractivity contribution in [1.82, 2.24) is 0 Å². The van der Waals surface area contributed by atoms with E-state index in [-0.39, 0.29) is 0 Å². The van der Waals surface area contributed by atoms with E-state index in [4.69, 9.17) is 6.15 Å². The monoisotopic (exact) mass is 488 g/mol. The van der Waals surface area contributed by atoms with Crippen molar-refractivity contribution in [2.75, 3.05) is 13.2 Å². The summed E-state index contributed by atoms with van der Waals surface area (Å²) < 4.78 is 16.5. The van der Waals surface area contributed by atoms with Crippen LogP contribution >= 0.6 is 0 Å². The first kappa shape index (κ1) is 24.0. The van der Waals surface area contributed by atoms with E-state index in [1.54, 1.807) is 0 Å². The molecule has 2 rings (SSSR count). The third-order valence-corrected chi connectivity index (χ3v) is 17.8. The predicted molar refractivity (Wildman–Crippen MR) is 119 cm³/mol. The van der Waals surface area contributed by atoms with Gasteiger partial charge in [-0.3, -0.25) is 0 Å². The van der Waals surface area contributed by atoms with Crippen molar-refractivity contribution in [1.29, 1.82) is 0 Å². The first-order chi connectivity index (χ1) is 13.0. The molecule has 27 heavy (non-hydrogen) atoms. The van der Waals surface area contributed by atoms with Crippen LogP contribution in [0.25, 0.3) is 0 Å². The van der Waals surface area contributed by atoms with Crippen LogP contribution in [0.3, 0.4) is 0 Å². The molecule has 0 aromatic heterocycles. The maximum atomic E-state index is 6.92. The van der Waals surface area contributed by atoms with E-state index in [2.05, 4.69) is 27.7 Å². The zero-order chi connectivity index (χ0) is 19.5. The van der Waals surface area contributed by atoms with Gasteiger partial charge in [0.25, 0.3) is 0 Å². The molecule has 2 fully saturated rings. The molecule has 2 aliphatic rings. The molecule has 0 unspecified atom stereocenters. The molecule has 0 aromatic carbocycles. The maximum absolute atomic E-state index is 6.92. The molecule has 0 radical (unpaired) electrons. The molecule has 0 aliphatic heterocycles. The molecule has 0 bridgehead atoms. The summed E-state index contributed by atoms with van der Waals surface area (Å²) in [5.74, 6) is 3.26. The van der Waals surface area contributed by atoms with Crippen LogP contribution in [0.5, 0.6) is 0 Å². The molecule has 3 heteroatoms. The Labute approximate surface area is 175 Å². The van der Waals surface area contributed by atoms with Crippen molar-refractivity contribution < 1.29 is 6.15 Å². The van der Waals surface area contributed by atoms with Gasteiger partial charge in [0.2, 0.25) is 0 Å². The van der Waals surface area contributed by atoms with E-state index in [1.165, 1.54) is 85.9 Å². The van der Waals surface area contributed by atoms with Gasteiger partial charge < -0.3 is 0 Å². The topological polar surface area (TPSA) is 18.5 Å². The van der Waals surface area contributed by atoms with Crippen molar-refractivity contribution in [2.24, 2.45) is 23.7 Å². The van der Waals surface area contributed by atoms with Crippen molar-refractivity contribution >= 4 is 19.2 Å². The minimum absolute atomic E-state index is 0.731. The first-order valence-electron chi connectivity index (χ1n) is 12.3. The van der Waals surface area contributed by atoms with Gasteiger partial charge in [0.15, 0.2) is 0 Å². The van der Waals surface area contributed by atoms with Crippen LogP contribution in [0.15, 0.2) is 0 Å². The molecule has 2 aliphatic carbocycles. The van der Waals surface area contributed by atoms with E-state index in [1.807, 2.05) is 0 Å². The van der Waals surface area contributed by atoms with Gasteiger partial charge in [-0.1, -0.05) is 0 Å². The molecule has 0 spiro atoms. The third kappa shape index (κ3) is 9.85. The van der Waals surface area contributed by atoms with Crippen LogP contribution in [-0.2, 0) is 6.15 Å². The van der Waals surface area contributed by atoms with Crippen LogP contribution in [0, 0.1) is 23.7 Å². The van der Waals surface area contributed by atoms with Gasteiger partial charge >= 0.3 is 176 Å². The molecule has 0 atom stereocenters. The van der Waals surface area contributed by atoms with Gasteiger partial charge in [0, 0.05) is 0 Å². The Kier molecular flexibility index (Phi) is 11.6. The molecular formula is C24H48O2Sn. The van der Waals surface area contributed by atoms with Crippen molar-refractivity contribution in [3.05, 3.63) is 0 Å². The normalized spacial score (nSPS) is 20.7. The van der Waals surface area contributed by atoms with E-state index < -0.39 is 19.2 Å². The first-order valence-corrected chi connectivity index (χ1v) is 18.6. The Morgan fingerprint density at radius 3 is 1.33 bits per heavy atom. The van der Waals surface area contributed by atoms with Crippen LogP contribution in [0.4, 0.5) is 0 Å². The Hall–Kier alpha value is 0.719. The fourth-order valence-corrected chi connectivity index (χ4v) is 17.2. The fraction of sp³-hybridized carbons (Fsp3) is 1.00. The summed E-state index contributed by atoms with van der Waals surface area (Å²) in [5.41, 5.74) is 0. The van der Waals surface area contributed by atoms with Crippen molar-refractivity contribution in [3.63, 3.8) is 0 Å². The molecule has 2 saturated carbocycles. The van der Waals surface area contributed by atoms with Gasteiger partial charge in [0.1, 0.15) is 0 Å². The average molecular weight is 487 g/mol. The summed E-state index contributed by atoms with van der Waals surface area (Å²) >= 11 is -3.02. The van der Waals surface area contributed by atoms with Crippen LogP contribution in [0.2, 0.25) is 8.87 Å². The fourth-order valence-electron chi connectivity index (χ4n) is 4.98. The summed E-state index contributed by atoms with van der Waals surface area (Å²) in [6.45, 7) is 11.2. The van der Waals surface area contributed by atoms with E-state index >= 15 is 0 Å². The molecule has 0 saturated heterocycles. The molecule has 0 N–H and O–H groups in total. The zero-order valence-corrected chi connectivity index (χ0v) is 21.8. The van der Waals surface area contributed by atoms with Crippen molar-refractivity contribution in [3.8, 4) is 0 Å². The van der Waals surface area contributed by atoms with Gasteiger partial charge in [-0.15, -0.1) is 0 Å². The van der Waals surface area contributed by atoms with Crippen LogP contribution in [-0.4, -0.2) is 32.4 Å². The predicted octanol–water partition coefficient (Wildman–Crippen LogP) is 7.71. The Balaban J connectivity index is 2.06. The molecular weight excluding hydrogens is 439 g/mol. The summed E-state index contributed by atoms with van der Waals surface area (Å²) in [6.07, 6.45) is 16.8. The summed E-state index contributed by atoms with van der Waals surface area (Å²) in [4.78, 5) is 0. The summed E-state index contributed by atoms with van der Waals surface area (Å²) in [6, 6.07) is 0. The number of hydrogen-bond acceptors (Lipinski definition) is 2. The average Bonchev–Trinajstić information content (AvgIpc) is 2.63. The molecule has 160 valence electrons. The minimum atomic E-state index is -3.02. The number of rotatable bonds is 12. The zero-order valence-electron chi connectivity index (χ0n) is 18.9. The van der Waals surface area contributed by atoms with Gasteiger partial charge in [-0.25, -0.2) is 0 Å². The molecule has 0 heterocycles. The van der Waals surface area contributed by atoms with E-state index in [0.29, 0.717) is 0 Å². The van der Waals surface area contributed by atoms with Crippen molar-refractivity contribution in [2.45, 2.75) is 114 Å². The Bertz CT molecular complexity index is 335. The van der Waals surface area contributed by atoms with Gasteiger partial charge in [-0.2, -0.15) is 0 Å². The SMILES string of the molecule is CC(C)CC[O][Sn]([CH2]C1CCCCC1)([CH2]C1CCCCC1)[O]CCC(C)C. The summed E-state index contributed by atoms with van der Waals surface area (Å²) in [7, 11) is 0. The molecule has 0 aromatic rings. The number of hydrogen-bond donors (Lipinski definition) is 0. The second-order valence-electron chi connectivity index (χ2n) is 10.4. The van der Waals surface area contributed by atoms with Crippen LogP contribution < -0.4 is 0 Å². The quantitative estimate of drug-likeness (QED) is 0.263. The second-order valence-corrected chi connectivity index (χ2v) is 19.6. The van der Waals surface area contributed by atoms with Gasteiger partial charge in [-0.05, 0) is 0 Å². The standard InChI is InChI=1S/2C7H13.2C5H11O.Sn/c2*1-7-5-3-2-4-6-7;2*1-5(2)3-4-6;/h2*7H,1-6H2;2*5H,3-4H2,1-2H3;/q;;2*-1;+2. The second kappa shape index (κ2) is 13.1. The third-order valence-electron chi connectivity index (χ3n) is 6.77. The van der Waals surface area contributed by atoms with Gasteiger partial charge in [0.05, 0.1) is 0 Å². The molecule has 2 nitrogen and oxygen atoms in total. The Morgan fingerprint density at radius 2 is 1.00 bits per heavy atom. The molecule has 0 amide bonds.